The van der Waals surface area contributed by atoms with Gasteiger partial charge in [0, 0.05) is 12.2 Å². The van der Waals surface area contributed by atoms with Crippen LogP contribution < -0.4 is 11.1 Å². The van der Waals surface area contributed by atoms with Crippen molar-refractivity contribution < 1.29 is 14.3 Å². The lowest BCUT2D eigenvalue weighted by atomic mass is 10.2. The summed E-state index contributed by atoms with van der Waals surface area (Å²) in [6, 6.07) is 4.47. The molecule has 0 spiro atoms. The normalized spacial score (nSPS) is 11.7. The average Bonchev–Trinajstić information content (AvgIpc) is 2.35. The second-order valence-electron chi connectivity index (χ2n) is 4.08. The van der Waals surface area contributed by atoms with Gasteiger partial charge in [-0.15, -0.1) is 0 Å². The highest BCUT2D eigenvalue weighted by molar-refractivity contribution is 6.33. The fourth-order valence-electron chi connectivity index (χ4n) is 1.37. The number of rotatable bonds is 5. The van der Waals surface area contributed by atoms with Crippen molar-refractivity contribution in [3.05, 3.63) is 28.8 Å². The van der Waals surface area contributed by atoms with Crippen LogP contribution in [0.5, 0.6) is 0 Å². The first kappa shape index (κ1) is 15.3. The van der Waals surface area contributed by atoms with Gasteiger partial charge in [-0.05, 0) is 31.5 Å². The number of hydrogen-bond donors (Lipinski definition) is 2. The molecule has 0 radical (unpaired) electrons. The van der Waals surface area contributed by atoms with Gasteiger partial charge in [0.1, 0.15) is 0 Å². The Morgan fingerprint density at radius 3 is 2.74 bits per heavy atom. The van der Waals surface area contributed by atoms with E-state index in [2.05, 4.69) is 5.32 Å². The van der Waals surface area contributed by atoms with E-state index in [1.54, 1.807) is 6.07 Å². The predicted molar refractivity (Wildman–Crippen MR) is 74.0 cm³/mol. The summed E-state index contributed by atoms with van der Waals surface area (Å²) in [4.78, 5) is 23.4. The lowest BCUT2D eigenvalue weighted by Gasteiger charge is -2.13. The number of amides is 1. The van der Waals surface area contributed by atoms with Crippen molar-refractivity contribution in [2.45, 2.75) is 26.4 Å². The summed E-state index contributed by atoms with van der Waals surface area (Å²) in [6.07, 6.45) is -0.0522. The summed E-state index contributed by atoms with van der Waals surface area (Å²) in [5, 5.41) is 2.84. The van der Waals surface area contributed by atoms with Crippen LogP contribution in [0.4, 0.5) is 5.69 Å². The average molecular weight is 285 g/mol. The van der Waals surface area contributed by atoms with Gasteiger partial charge in [-0.3, -0.25) is 4.79 Å². The number of anilines is 1. The zero-order valence-electron chi connectivity index (χ0n) is 10.9. The van der Waals surface area contributed by atoms with E-state index in [1.807, 2.05) is 6.92 Å². The van der Waals surface area contributed by atoms with Crippen molar-refractivity contribution in [3.63, 3.8) is 0 Å². The van der Waals surface area contributed by atoms with Crippen LogP contribution >= 0.6 is 11.6 Å². The Morgan fingerprint density at radius 1 is 1.47 bits per heavy atom. The summed E-state index contributed by atoms with van der Waals surface area (Å²) in [5.74, 6) is -0.981. The molecule has 1 rings (SSSR count). The molecule has 19 heavy (non-hydrogen) atoms. The van der Waals surface area contributed by atoms with E-state index in [1.165, 1.54) is 19.1 Å². The van der Waals surface area contributed by atoms with Crippen LogP contribution in [0.3, 0.4) is 0 Å². The third kappa shape index (κ3) is 4.44. The summed E-state index contributed by atoms with van der Waals surface area (Å²) in [6.45, 7) is 3.99. The summed E-state index contributed by atoms with van der Waals surface area (Å²) in [7, 11) is 0. The molecule has 0 heterocycles. The number of nitrogens with one attached hydrogen (secondary N) is 1. The molecule has 1 amide bonds. The number of carbonyl (C=O) groups excluding carboxylic acids is 2. The number of nitrogen functional groups attached to an aromatic ring is 1. The highest BCUT2D eigenvalue weighted by atomic mass is 35.5. The molecular weight excluding hydrogens is 268 g/mol. The summed E-state index contributed by atoms with van der Waals surface area (Å²) >= 11 is 5.89. The van der Waals surface area contributed by atoms with E-state index in [0.717, 1.165) is 6.42 Å². The summed E-state index contributed by atoms with van der Waals surface area (Å²) in [5.41, 5.74) is 6.17. The molecule has 1 atom stereocenters. The van der Waals surface area contributed by atoms with Crippen molar-refractivity contribution in [1.82, 2.24) is 5.32 Å². The van der Waals surface area contributed by atoms with E-state index >= 15 is 0 Å². The molecule has 1 aromatic carbocycles. The lowest BCUT2D eigenvalue weighted by Crippen LogP contribution is -2.36. The lowest BCUT2D eigenvalue weighted by molar-refractivity contribution is -0.129. The SMILES string of the molecule is CCCNC(=O)C(C)OC(=O)c1ccc(N)cc1Cl. The first-order valence-electron chi connectivity index (χ1n) is 5.99. The zero-order chi connectivity index (χ0) is 14.4. The van der Waals surface area contributed by atoms with Gasteiger partial charge in [-0.2, -0.15) is 0 Å². The van der Waals surface area contributed by atoms with Crippen molar-refractivity contribution in [2.24, 2.45) is 0 Å². The quantitative estimate of drug-likeness (QED) is 0.640. The first-order chi connectivity index (χ1) is 8.95. The monoisotopic (exact) mass is 284 g/mol. The number of hydrogen-bond acceptors (Lipinski definition) is 4. The molecule has 0 fully saturated rings. The molecule has 0 saturated heterocycles. The highest BCUT2D eigenvalue weighted by Crippen LogP contribution is 2.20. The number of benzene rings is 1. The number of nitrogens with two attached hydrogens (primary N) is 1. The van der Waals surface area contributed by atoms with E-state index in [4.69, 9.17) is 22.1 Å². The van der Waals surface area contributed by atoms with Gasteiger partial charge in [0.25, 0.3) is 5.91 Å². The molecule has 1 unspecified atom stereocenters. The van der Waals surface area contributed by atoms with Crippen LogP contribution in [0.15, 0.2) is 18.2 Å². The molecule has 3 N–H and O–H groups in total. The maximum Gasteiger partial charge on any atom is 0.340 e. The molecule has 0 bridgehead atoms. The minimum Gasteiger partial charge on any atom is -0.449 e. The fourth-order valence-corrected chi connectivity index (χ4v) is 1.63. The van der Waals surface area contributed by atoms with Crippen molar-refractivity contribution >= 4 is 29.2 Å². The number of carbonyl (C=O) groups is 2. The number of halogens is 1. The molecule has 0 saturated carbocycles. The highest BCUT2D eigenvalue weighted by Gasteiger charge is 2.20. The molecule has 0 aliphatic carbocycles. The first-order valence-corrected chi connectivity index (χ1v) is 6.37. The van der Waals surface area contributed by atoms with Crippen LogP contribution in [0.1, 0.15) is 30.6 Å². The van der Waals surface area contributed by atoms with Gasteiger partial charge in [0.05, 0.1) is 10.6 Å². The molecule has 0 aliphatic rings. The Hall–Kier alpha value is -1.75. The van der Waals surface area contributed by atoms with Gasteiger partial charge in [-0.1, -0.05) is 18.5 Å². The van der Waals surface area contributed by atoms with E-state index < -0.39 is 12.1 Å². The van der Waals surface area contributed by atoms with Gasteiger partial charge >= 0.3 is 5.97 Å². The second kappa shape index (κ2) is 6.99. The Kier molecular flexibility index (Phi) is 5.63. The van der Waals surface area contributed by atoms with Crippen LogP contribution in [0.25, 0.3) is 0 Å². The van der Waals surface area contributed by atoms with E-state index in [0.29, 0.717) is 12.2 Å². The number of esters is 1. The van der Waals surface area contributed by atoms with Gasteiger partial charge in [0.15, 0.2) is 6.10 Å². The minimum atomic E-state index is -0.868. The third-order valence-electron chi connectivity index (χ3n) is 2.42. The Bertz CT molecular complexity index is 477. The standard InChI is InChI=1S/C13H17ClN2O3/c1-3-6-16-12(17)8(2)19-13(18)10-5-4-9(15)7-11(10)14/h4-5,7-8H,3,6,15H2,1-2H3,(H,16,17). The van der Waals surface area contributed by atoms with Crippen molar-refractivity contribution in [2.75, 3.05) is 12.3 Å². The maximum atomic E-state index is 11.8. The fraction of sp³-hybridized carbons (Fsp3) is 0.385. The topological polar surface area (TPSA) is 81.4 Å². The van der Waals surface area contributed by atoms with Crippen LogP contribution in [0, 0.1) is 0 Å². The zero-order valence-corrected chi connectivity index (χ0v) is 11.7. The maximum absolute atomic E-state index is 11.8. The molecule has 0 aromatic heterocycles. The van der Waals surface area contributed by atoms with Crippen LogP contribution in [-0.4, -0.2) is 24.5 Å². The molecule has 1 aromatic rings. The van der Waals surface area contributed by atoms with Crippen LogP contribution in [0.2, 0.25) is 5.02 Å². The predicted octanol–water partition coefficient (Wildman–Crippen LogP) is 1.99. The van der Waals surface area contributed by atoms with E-state index in [-0.39, 0.29) is 16.5 Å². The molecular formula is C13H17ClN2O3. The minimum absolute atomic E-state index is 0.186. The molecule has 104 valence electrons. The third-order valence-corrected chi connectivity index (χ3v) is 2.73. The van der Waals surface area contributed by atoms with Gasteiger partial charge in [0.2, 0.25) is 0 Å². The molecule has 5 nitrogen and oxygen atoms in total. The van der Waals surface area contributed by atoms with Crippen molar-refractivity contribution in [1.29, 1.82) is 0 Å². The van der Waals surface area contributed by atoms with Gasteiger partial charge < -0.3 is 15.8 Å². The van der Waals surface area contributed by atoms with E-state index in [9.17, 15) is 9.59 Å². The van der Waals surface area contributed by atoms with Gasteiger partial charge in [-0.25, -0.2) is 4.79 Å². The molecule has 0 aliphatic heterocycles. The van der Waals surface area contributed by atoms with Crippen molar-refractivity contribution in [3.8, 4) is 0 Å². The number of ether oxygens (including phenoxy) is 1. The second-order valence-corrected chi connectivity index (χ2v) is 4.49. The Labute approximate surface area is 117 Å². The molecule has 6 heteroatoms. The van der Waals surface area contributed by atoms with Crippen LogP contribution in [-0.2, 0) is 9.53 Å². The Morgan fingerprint density at radius 2 is 2.16 bits per heavy atom. The summed E-state index contributed by atoms with van der Waals surface area (Å²) < 4.78 is 5.04. The Balaban J connectivity index is 2.66. The largest absolute Gasteiger partial charge is 0.449 e. The smallest absolute Gasteiger partial charge is 0.340 e.